The van der Waals surface area contributed by atoms with Gasteiger partial charge in [0.2, 0.25) is 5.41 Å². The molecule has 1 saturated carbocycles. The molecule has 1 fully saturated rings. The van der Waals surface area contributed by atoms with Gasteiger partial charge in [0, 0.05) is 6.42 Å². The zero-order valence-corrected chi connectivity index (χ0v) is 9.59. The van der Waals surface area contributed by atoms with Crippen molar-refractivity contribution in [2.45, 2.75) is 12.5 Å². The second kappa shape index (κ2) is 5.19. The van der Waals surface area contributed by atoms with Crippen LogP contribution in [0.25, 0.3) is 0 Å². The zero-order chi connectivity index (χ0) is 13.6. The van der Waals surface area contributed by atoms with Crippen molar-refractivity contribution in [3.8, 4) is 24.3 Å². The lowest BCUT2D eigenvalue weighted by molar-refractivity contribution is -0.114. The number of hydrogen-bond acceptors (Lipinski definition) is 6. The molecule has 0 aromatic rings. The molecule has 0 saturated heterocycles. The maximum absolute atomic E-state index is 9.11. The summed E-state index contributed by atoms with van der Waals surface area (Å²) < 4.78 is 10.2. The predicted octanol–water partition coefficient (Wildman–Crippen LogP) is 1.00. The van der Waals surface area contributed by atoms with Gasteiger partial charge in [-0.05, 0) is 0 Å². The molecule has 1 aliphatic carbocycles. The minimum absolute atomic E-state index is 0.0508. The topological polar surface area (TPSA) is 114 Å². The van der Waals surface area contributed by atoms with E-state index in [0.29, 0.717) is 0 Å². The summed E-state index contributed by atoms with van der Waals surface area (Å²) in [6.07, 6.45) is 0.552. The lowest BCUT2D eigenvalue weighted by Crippen LogP contribution is -2.60. The maximum Gasteiger partial charge on any atom is 0.201 e. The predicted molar refractivity (Wildman–Crippen MR) is 57.8 cm³/mol. The molecule has 0 amide bonds. The standard InChI is InChI=1S/C12H10N4O2/c1-2-17-3-4-18-10-5-11(6-13,7-14)12(10,8-15)9-16/h2,10H,1,3-5H2. The Hall–Kier alpha value is -2.54. The molecule has 0 aromatic heterocycles. The Morgan fingerprint density at radius 1 is 1.11 bits per heavy atom. The van der Waals surface area contributed by atoms with Gasteiger partial charge in [-0.3, -0.25) is 0 Å². The van der Waals surface area contributed by atoms with Crippen LogP contribution < -0.4 is 0 Å². The first-order valence-electron chi connectivity index (χ1n) is 5.15. The monoisotopic (exact) mass is 242 g/mol. The first-order chi connectivity index (χ1) is 8.66. The van der Waals surface area contributed by atoms with Gasteiger partial charge in [-0.15, -0.1) is 0 Å². The molecule has 1 unspecified atom stereocenters. The average Bonchev–Trinajstić information content (AvgIpc) is 2.39. The lowest BCUT2D eigenvalue weighted by atomic mass is 9.50. The van der Waals surface area contributed by atoms with Crippen LogP contribution in [0.15, 0.2) is 12.8 Å². The molecule has 0 N–H and O–H groups in total. The lowest BCUT2D eigenvalue weighted by Gasteiger charge is -2.47. The van der Waals surface area contributed by atoms with Crippen LogP contribution in [0.3, 0.4) is 0 Å². The summed E-state index contributed by atoms with van der Waals surface area (Å²) in [5.74, 6) is 0. The molecule has 1 atom stereocenters. The molecule has 18 heavy (non-hydrogen) atoms. The molecule has 0 aromatic carbocycles. The van der Waals surface area contributed by atoms with Gasteiger partial charge < -0.3 is 9.47 Å². The van der Waals surface area contributed by atoms with Gasteiger partial charge in [0.25, 0.3) is 0 Å². The Morgan fingerprint density at radius 2 is 1.72 bits per heavy atom. The van der Waals surface area contributed by atoms with E-state index in [1.807, 2.05) is 0 Å². The molecule has 6 nitrogen and oxygen atoms in total. The molecule has 0 spiro atoms. The smallest absolute Gasteiger partial charge is 0.201 e. The van der Waals surface area contributed by atoms with E-state index in [9.17, 15) is 0 Å². The Labute approximate surface area is 105 Å². The van der Waals surface area contributed by atoms with Crippen LogP contribution in [0.2, 0.25) is 0 Å². The maximum atomic E-state index is 9.11. The summed E-state index contributed by atoms with van der Waals surface area (Å²) in [4.78, 5) is 0. The molecular formula is C12H10N4O2. The van der Waals surface area contributed by atoms with Crippen LogP contribution >= 0.6 is 0 Å². The average molecular weight is 242 g/mol. The highest BCUT2D eigenvalue weighted by Gasteiger charge is 2.70. The van der Waals surface area contributed by atoms with Crippen molar-refractivity contribution < 1.29 is 9.47 Å². The van der Waals surface area contributed by atoms with Crippen LogP contribution in [0.5, 0.6) is 0 Å². The van der Waals surface area contributed by atoms with Gasteiger partial charge in [-0.1, -0.05) is 6.58 Å². The highest BCUT2D eigenvalue weighted by Crippen LogP contribution is 2.56. The van der Waals surface area contributed by atoms with Crippen LogP contribution in [0.1, 0.15) is 6.42 Å². The second-order valence-electron chi connectivity index (χ2n) is 3.76. The Morgan fingerprint density at radius 3 is 2.17 bits per heavy atom. The molecule has 0 radical (unpaired) electrons. The Balaban J connectivity index is 2.80. The largest absolute Gasteiger partial charge is 0.499 e. The first kappa shape index (κ1) is 13.5. The van der Waals surface area contributed by atoms with E-state index in [0.717, 1.165) is 0 Å². The summed E-state index contributed by atoms with van der Waals surface area (Å²) in [6.45, 7) is 3.75. The fourth-order valence-corrected chi connectivity index (χ4v) is 1.89. The highest BCUT2D eigenvalue weighted by molar-refractivity contribution is 5.43. The van der Waals surface area contributed by atoms with E-state index in [4.69, 9.17) is 30.5 Å². The van der Waals surface area contributed by atoms with E-state index in [-0.39, 0.29) is 19.6 Å². The van der Waals surface area contributed by atoms with E-state index in [1.54, 1.807) is 24.3 Å². The minimum Gasteiger partial charge on any atom is -0.499 e. The molecule has 1 rings (SSSR count). The third kappa shape index (κ3) is 1.66. The van der Waals surface area contributed by atoms with Crippen LogP contribution in [-0.2, 0) is 9.47 Å². The molecule has 0 heterocycles. The molecule has 6 heteroatoms. The molecule has 0 aliphatic heterocycles. The number of ether oxygens (including phenoxy) is 2. The van der Waals surface area contributed by atoms with Crippen molar-refractivity contribution in [1.29, 1.82) is 21.0 Å². The Bertz CT molecular complexity index is 472. The number of rotatable bonds is 5. The van der Waals surface area contributed by atoms with Crippen molar-refractivity contribution in [2.24, 2.45) is 10.8 Å². The SMILES string of the molecule is C=COCCOC1CC(C#N)(C#N)C1(C#N)C#N. The van der Waals surface area contributed by atoms with Gasteiger partial charge in [0.1, 0.15) is 6.61 Å². The third-order valence-electron chi connectivity index (χ3n) is 3.02. The van der Waals surface area contributed by atoms with Gasteiger partial charge in [-0.2, -0.15) is 21.0 Å². The summed E-state index contributed by atoms with van der Waals surface area (Å²) in [6, 6.07) is 7.02. The van der Waals surface area contributed by atoms with E-state index < -0.39 is 16.9 Å². The fraction of sp³-hybridized carbons (Fsp3) is 0.500. The van der Waals surface area contributed by atoms with Gasteiger partial charge in [0.15, 0.2) is 5.41 Å². The van der Waals surface area contributed by atoms with Crippen LogP contribution in [0.4, 0.5) is 0 Å². The van der Waals surface area contributed by atoms with Gasteiger partial charge >= 0.3 is 0 Å². The van der Waals surface area contributed by atoms with E-state index in [2.05, 4.69) is 6.58 Å². The summed E-state index contributed by atoms with van der Waals surface area (Å²) in [7, 11) is 0. The summed E-state index contributed by atoms with van der Waals surface area (Å²) in [5, 5.41) is 36.2. The normalized spacial score (nSPS) is 22.1. The van der Waals surface area contributed by atoms with Crippen molar-refractivity contribution in [2.75, 3.05) is 13.2 Å². The summed E-state index contributed by atoms with van der Waals surface area (Å²) >= 11 is 0. The highest BCUT2D eigenvalue weighted by atomic mass is 16.5. The molecule has 1 aliphatic rings. The second-order valence-corrected chi connectivity index (χ2v) is 3.76. The summed E-state index contributed by atoms with van der Waals surface area (Å²) in [5.41, 5.74) is -3.34. The molecule has 90 valence electrons. The van der Waals surface area contributed by atoms with Crippen molar-refractivity contribution >= 4 is 0 Å². The first-order valence-corrected chi connectivity index (χ1v) is 5.15. The molecule has 0 bridgehead atoms. The number of hydrogen-bond donors (Lipinski definition) is 0. The third-order valence-corrected chi connectivity index (χ3v) is 3.02. The van der Waals surface area contributed by atoms with Crippen LogP contribution in [0, 0.1) is 56.2 Å². The Kier molecular flexibility index (Phi) is 3.90. The van der Waals surface area contributed by atoms with Crippen molar-refractivity contribution in [1.82, 2.24) is 0 Å². The van der Waals surface area contributed by atoms with Gasteiger partial charge in [0.05, 0.1) is 43.2 Å². The minimum atomic E-state index is -1.73. The quantitative estimate of drug-likeness (QED) is 0.524. The van der Waals surface area contributed by atoms with Crippen molar-refractivity contribution in [3.05, 3.63) is 12.8 Å². The van der Waals surface area contributed by atoms with Crippen molar-refractivity contribution in [3.63, 3.8) is 0 Å². The van der Waals surface area contributed by atoms with E-state index in [1.165, 1.54) is 6.26 Å². The van der Waals surface area contributed by atoms with Crippen LogP contribution in [-0.4, -0.2) is 19.3 Å². The fourth-order valence-electron chi connectivity index (χ4n) is 1.89. The zero-order valence-electron chi connectivity index (χ0n) is 9.59. The van der Waals surface area contributed by atoms with E-state index >= 15 is 0 Å². The number of nitrogens with zero attached hydrogens (tertiary/aromatic N) is 4. The number of nitriles is 4. The van der Waals surface area contributed by atoms with Gasteiger partial charge in [-0.25, -0.2) is 0 Å². The molecular weight excluding hydrogens is 232 g/mol.